The summed E-state index contributed by atoms with van der Waals surface area (Å²) < 4.78 is 29.8. The Hall–Kier alpha value is -2.75. The number of carbonyl (C=O) groups is 2. The zero-order valence-corrected chi connectivity index (χ0v) is 27.5. The first kappa shape index (κ1) is 34.1. The summed E-state index contributed by atoms with van der Waals surface area (Å²) in [6, 6.07) is 7.45. The van der Waals surface area contributed by atoms with Crippen molar-refractivity contribution in [3.05, 3.63) is 45.7 Å². The third kappa shape index (κ3) is 8.49. The Morgan fingerprint density at radius 2 is 1.77 bits per heavy atom. The summed E-state index contributed by atoms with van der Waals surface area (Å²) in [7, 11) is -1.95. The highest BCUT2D eigenvalue weighted by Gasteiger charge is 2.37. The van der Waals surface area contributed by atoms with Crippen LogP contribution in [0.15, 0.2) is 24.3 Å². The molecule has 13 nitrogen and oxygen atoms in total. The molecular formula is C28H40Cl2N8O5S. The van der Waals surface area contributed by atoms with Gasteiger partial charge in [-0.05, 0) is 37.0 Å². The summed E-state index contributed by atoms with van der Waals surface area (Å²) >= 11 is 12.6. The van der Waals surface area contributed by atoms with Crippen molar-refractivity contribution in [1.29, 1.82) is 0 Å². The van der Waals surface area contributed by atoms with E-state index in [2.05, 4.69) is 41.6 Å². The van der Waals surface area contributed by atoms with Crippen molar-refractivity contribution in [2.45, 2.75) is 44.3 Å². The molecule has 2 fully saturated rings. The maximum atomic E-state index is 12.8. The molecule has 3 heterocycles. The average molecular weight is 672 g/mol. The number of benzene rings is 1. The molecule has 1 aromatic carbocycles. The van der Waals surface area contributed by atoms with Gasteiger partial charge in [-0.25, -0.2) is 27.9 Å². The number of hydrogen-bond donors (Lipinski definition) is 3. The van der Waals surface area contributed by atoms with Crippen molar-refractivity contribution < 1.29 is 22.7 Å². The number of nitrogen functional groups attached to an aromatic ring is 1. The van der Waals surface area contributed by atoms with Crippen LogP contribution in [0.4, 0.5) is 11.6 Å². The number of piperidine rings is 1. The van der Waals surface area contributed by atoms with E-state index in [1.807, 2.05) is 12.1 Å². The van der Waals surface area contributed by atoms with Crippen molar-refractivity contribution in [2.24, 2.45) is 0 Å². The highest BCUT2D eigenvalue weighted by atomic mass is 35.5. The lowest BCUT2D eigenvalue weighted by Gasteiger charge is -2.48. The summed E-state index contributed by atoms with van der Waals surface area (Å²) in [6.45, 7) is 5.85. The number of nitrogens with zero attached hydrogens (tertiary/aromatic N) is 5. The van der Waals surface area contributed by atoms with E-state index in [0.29, 0.717) is 30.0 Å². The van der Waals surface area contributed by atoms with Gasteiger partial charge in [0, 0.05) is 62.9 Å². The molecule has 2 saturated heterocycles. The normalized spacial score (nSPS) is 19.5. The molecule has 0 aliphatic carbocycles. The van der Waals surface area contributed by atoms with Crippen LogP contribution in [-0.4, -0.2) is 111 Å². The lowest BCUT2D eigenvalue weighted by atomic mass is 9.95. The maximum absolute atomic E-state index is 12.8. The van der Waals surface area contributed by atoms with Gasteiger partial charge in [0.1, 0.15) is 6.04 Å². The summed E-state index contributed by atoms with van der Waals surface area (Å²) in [6.07, 6.45) is 3.77. The Kier molecular flexibility index (Phi) is 11.7. The zero-order chi connectivity index (χ0) is 32.0. The first-order valence-electron chi connectivity index (χ1n) is 14.6. The lowest BCUT2D eigenvalue weighted by molar-refractivity contribution is -0.148. The number of anilines is 2. The topological polar surface area (TPSA) is 163 Å². The van der Waals surface area contributed by atoms with E-state index in [0.717, 1.165) is 50.7 Å². The van der Waals surface area contributed by atoms with Crippen LogP contribution in [0.25, 0.3) is 0 Å². The molecule has 16 heteroatoms. The number of ether oxygens (including phenoxy) is 1. The van der Waals surface area contributed by atoms with Crippen LogP contribution in [0.5, 0.6) is 0 Å². The molecule has 0 bridgehead atoms. The number of amides is 1. The van der Waals surface area contributed by atoms with Crippen LogP contribution < -0.4 is 20.7 Å². The number of esters is 1. The number of likely N-dealkylation sites (tertiary alicyclic amines) is 1. The Balaban J connectivity index is 1.37. The quantitative estimate of drug-likeness (QED) is 0.236. The molecule has 4 N–H and O–H groups in total. The number of carbonyl (C=O) groups excluding carboxylic acids is 2. The van der Waals surface area contributed by atoms with Crippen molar-refractivity contribution in [3.63, 3.8) is 0 Å². The van der Waals surface area contributed by atoms with Gasteiger partial charge in [0.2, 0.25) is 10.0 Å². The van der Waals surface area contributed by atoms with Gasteiger partial charge in [-0.1, -0.05) is 42.3 Å². The Morgan fingerprint density at radius 3 is 2.39 bits per heavy atom. The van der Waals surface area contributed by atoms with Crippen LogP contribution in [0.1, 0.15) is 48.3 Å². The molecule has 0 unspecified atom stereocenters. The van der Waals surface area contributed by atoms with E-state index in [-0.39, 0.29) is 41.8 Å². The second-order valence-corrected chi connectivity index (χ2v) is 13.6. The summed E-state index contributed by atoms with van der Waals surface area (Å²) in [5.74, 6) is -0.500. The summed E-state index contributed by atoms with van der Waals surface area (Å²) in [5.41, 5.74) is 6.87. The first-order chi connectivity index (χ1) is 20.9. The number of piperazine rings is 1. The van der Waals surface area contributed by atoms with Gasteiger partial charge < -0.3 is 20.7 Å². The van der Waals surface area contributed by atoms with Gasteiger partial charge in [-0.2, -0.15) is 0 Å². The number of sulfonamides is 1. The molecule has 2 atom stereocenters. The minimum absolute atomic E-state index is 0.0274. The fourth-order valence-corrected chi connectivity index (χ4v) is 6.76. The SMILES string of the molecule is CC[C@H]1CN(c2nc(N)c(C(=O)NCCNS(C)(=O)=O)nc2Cl)CCN1C1CCN([C@@H](C(=O)OC)c2ccc(Cl)cc2)CC1. The van der Waals surface area contributed by atoms with Crippen molar-refractivity contribution in [2.75, 3.05) is 69.8 Å². The van der Waals surface area contributed by atoms with Crippen molar-refractivity contribution >= 4 is 56.7 Å². The standard InChI is InChI=1S/C28H40Cl2N8O5S/c1-4-20-17-37(26-24(30)34-22(25(31)35-26)27(39)32-11-12-33-44(3,41)42)15-16-38(20)21-9-13-36(14-10-21)23(28(40)43-2)18-5-7-19(29)8-6-18/h5-8,20-21,23,33H,4,9-17H2,1-3H3,(H2,31,35)(H,32,39)/t20-,23+/m0/s1. The Labute approximate surface area is 268 Å². The molecule has 2 aromatic rings. The molecule has 44 heavy (non-hydrogen) atoms. The number of rotatable bonds is 11. The third-order valence-corrected chi connectivity index (χ3v) is 9.33. The number of aromatic nitrogens is 2. The molecule has 2 aliphatic heterocycles. The summed E-state index contributed by atoms with van der Waals surface area (Å²) in [5, 5.41) is 3.26. The van der Waals surface area contributed by atoms with Crippen LogP contribution >= 0.6 is 23.2 Å². The van der Waals surface area contributed by atoms with Crippen molar-refractivity contribution in [1.82, 2.24) is 29.8 Å². The lowest BCUT2D eigenvalue weighted by Crippen LogP contribution is -2.59. The molecule has 0 spiro atoms. The van der Waals surface area contributed by atoms with E-state index in [9.17, 15) is 18.0 Å². The van der Waals surface area contributed by atoms with Gasteiger partial charge in [0.15, 0.2) is 22.5 Å². The molecule has 2 aliphatic rings. The van der Waals surface area contributed by atoms with Crippen molar-refractivity contribution in [3.8, 4) is 0 Å². The zero-order valence-electron chi connectivity index (χ0n) is 25.1. The molecule has 242 valence electrons. The molecule has 0 saturated carbocycles. The molecular weight excluding hydrogens is 631 g/mol. The maximum Gasteiger partial charge on any atom is 0.327 e. The highest BCUT2D eigenvalue weighted by Crippen LogP contribution is 2.32. The average Bonchev–Trinajstić information content (AvgIpc) is 3.00. The third-order valence-electron chi connectivity index (χ3n) is 8.10. The number of nitrogens with one attached hydrogen (secondary N) is 2. The van der Waals surface area contributed by atoms with Gasteiger partial charge in [-0.15, -0.1) is 0 Å². The smallest absolute Gasteiger partial charge is 0.327 e. The van der Waals surface area contributed by atoms with Crippen LogP contribution in [0.3, 0.4) is 0 Å². The minimum Gasteiger partial charge on any atom is -0.468 e. The number of methoxy groups -OCH3 is 1. The van der Waals surface area contributed by atoms with Gasteiger partial charge in [0.25, 0.3) is 5.91 Å². The van der Waals surface area contributed by atoms with Crippen LogP contribution in [0, 0.1) is 0 Å². The fraction of sp³-hybridized carbons (Fsp3) is 0.571. The molecule has 1 aromatic heterocycles. The largest absolute Gasteiger partial charge is 0.468 e. The summed E-state index contributed by atoms with van der Waals surface area (Å²) in [4.78, 5) is 40.8. The monoisotopic (exact) mass is 670 g/mol. The molecule has 4 rings (SSSR count). The number of hydrogen-bond acceptors (Lipinski definition) is 11. The highest BCUT2D eigenvalue weighted by molar-refractivity contribution is 7.88. The van der Waals surface area contributed by atoms with Gasteiger partial charge in [0.05, 0.1) is 13.4 Å². The minimum atomic E-state index is -3.37. The van der Waals surface area contributed by atoms with E-state index < -0.39 is 22.0 Å². The van der Waals surface area contributed by atoms with E-state index >= 15 is 0 Å². The second-order valence-electron chi connectivity index (χ2n) is 11.0. The predicted octanol–water partition coefficient (Wildman–Crippen LogP) is 1.92. The van der Waals surface area contributed by atoms with Gasteiger partial charge in [-0.3, -0.25) is 14.6 Å². The predicted molar refractivity (Wildman–Crippen MR) is 170 cm³/mol. The van der Waals surface area contributed by atoms with Crippen LogP contribution in [-0.2, 0) is 19.6 Å². The molecule has 1 amide bonds. The molecule has 0 radical (unpaired) electrons. The van der Waals surface area contributed by atoms with Gasteiger partial charge >= 0.3 is 5.97 Å². The number of halogens is 2. The first-order valence-corrected chi connectivity index (χ1v) is 17.2. The fourth-order valence-electron chi connectivity index (χ4n) is 5.92. The van der Waals surface area contributed by atoms with Crippen LogP contribution in [0.2, 0.25) is 10.2 Å². The number of nitrogens with two attached hydrogens (primary N) is 1. The van der Waals surface area contributed by atoms with E-state index in [4.69, 9.17) is 33.7 Å². The van der Waals surface area contributed by atoms with E-state index in [1.165, 1.54) is 7.11 Å². The Bertz CT molecular complexity index is 1420. The second kappa shape index (κ2) is 15.0. The van der Waals surface area contributed by atoms with E-state index in [1.54, 1.807) is 12.1 Å². The Morgan fingerprint density at radius 1 is 1.09 bits per heavy atom.